The predicted octanol–water partition coefficient (Wildman–Crippen LogP) is 0.584. The third kappa shape index (κ3) is 2.01. The fraction of sp³-hybridized carbons (Fsp3) is 0.231. The molecular weight excluding hydrogens is 242 g/mol. The number of benzene rings is 1. The van der Waals surface area contributed by atoms with Crippen LogP contribution in [0.5, 0.6) is 0 Å². The minimum Gasteiger partial charge on any atom is -0.398 e. The van der Waals surface area contributed by atoms with E-state index in [2.05, 4.69) is 14.5 Å². The number of nitrogen functional groups attached to an aromatic ring is 1. The number of amides is 1. The molecule has 6 nitrogen and oxygen atoms in total. The van der Waals surface area contributed by atoms with Gasteiger partial charge < -0.3 is 20.9 Å². The number of rotatable bonds is 2. The van der Waals surface area contributed by atoms with Gasteiger partial charge in [-0.3, -0.25) is 4.79 Å². The molecule has 6 heteroatoms. The van der Waals surface area contributed by atoms with Gasteiger partial charge in [0.1, 0.15) is 5.82 Å². The number of hydrogen-bond donors (Lipinski definition) is 2. The van der Waals surface area contributed by atoms with Crippen LogP contribution < -0.4 is 16.4 Å². The Labute approximate surface area is 110 Å². The van der Waals surface area contributed by atoms with E-state index in [1.165, 1.54) is 0 Å². The van der Waals surface area contributed by atoms with Crippen molar-refractivity contribution in [1.82, 2.24) is 9.55 Å². The van der Waals surface area contributed by atoms with Gasteiger partial charge in [-0.15, -0.1) is 0 Å². The Kier molecular flexibility index (Phi) is 2.63. The standard InChI is InChI=1S/C13H15N5O/c14-11-2-1-9(7-10(11)13(15)19)18-6-5-17-4-3-16-12(17)8-18/h1-4,7H,5-6,8,14H2,(H2,15,19). The second-order valence-corrected chi connectivity index (χ2v) is 4.59. The number of aromatic nitrogens is 2. The van der Waals surface area contributed by atoms with E-state index in [1.54, 1.807) is 18.3 Å². The van der Waals surface area contributed by atoms with Crippen molar-refractivity contribution in [2.75, 3.05) is 17.2 Å². The van der Waals surface area contributed by atoms with Crippen LogP contribution in [-0.2, 0) is 13.1 Å². The number of hydrogen-bond acceptors (Lipinski definition) is 4. The summed E-state index contributed by atoms with van der Waals surface area (Å²) < 4.78 is 2.13. The number of imidazole rings is 1. The maximum atomic E-state index is 11.3. The second kappa shape index (κ2) is 4.31. The number of primary amides is 1. The number of nitrogens with zero attached hydrogens (tertiary/aromatic N) is 3. The fourth-order valence-corrected chi connectivity index (χ4v) is 2.35. The molecule has 0 aliphatic carbocycles. The van der Waals surface area contributed by atoms with Crippen LogP contribution in [0.4, 0.5) is 11.4 Å². The Morgan fingerprint density at radius 2 is 2.16 bits per heavy atom. The smallest absolute Gasteiger partial charge is 0.250 e. The second-order valence-electron chi connectivity index (χ2n) is 4.59. The highest BCUT2D eigenvalue weighted by Gasteiger charge is 2.18. The monoisotopic (exact) mass is 257 g/mol. The van der Waals surface area contributed by atoms with Crippen molar-refractivity contribution in [3.8, 4) is 0 Å². The van der Waals surface area contributed by atoms with Gasteiger partial charge in [0.15, 0.2) is 0 Å². The summed E-state index contributed by atoms with van der Waals surface area (Å²) in [5.41, 5.74) is 12.8. The Morgan fingerprint density at radius 3 is 2.95 bits per heavy atom. The topological polar surface area (TPSA) is 90.2 Å². The molecule has 19 heavy (non-hydrogen) atoms. The van der Waals surface area contributed by atoms with Gasteiger partial charge in [-0.2, -0.15) is 0 Å². The number of carbonyl (C=O) groups excluding carboxylic acids is 1. The maximum Gasteiger partial charge on any atom is 0.250 e. The van der Waals surface area contributed by atoms with Crippen molar-refractivity contribution in [3.05, 3.63) is 42.0 Å². The molecule has 0 spiro atoms. The summed E-state index contributed by atoms with van der Waals surface area (Å²) in [5, 5.41) is 0. The Balaban J connectivity index is 1.92. The lowest BCUT2D eigenvalue weighted by Crippen LogP contribution is -2.33. The molecule has 0 radical (unpaired) electrons. The van der Waals surface area contributed by atoms with E-state index < -0.39 is 5.91 Å². The summed E-state index contributed by atoms with van der Waals surface area (Å²) in [5.74, 6) is 0.515. The van der Waals surface area contributed by atoms with Crippen molar-refractivity contribution in [1.29, 1.82) is 0 Å². The molecule has 0 unspecified atom stereocenters. The summed E-state index contributed by atoms with van der Waals surface area (Å²) >= 11 is 0. The molecule has 0 bridgehead atoms. The van der Waals surface area contributed by atoms with Crippen LogP contribution in [0.15, 0.2) is 30.6 Å². The molecule has 1 aliphatic heterocycles. The number of fused-ring (bicyclic) bond motifs is 1. The fourth-order valence-electron chi connectivity index (χ4n) is 2.35. The van der Waals surface area contributed by atoms with E-state index in [4.69, 9.17) is 11.5 Å². The van der Waals surface area contributed by atoms with Crippen LogP contribution >= 0.6 is 0 Å². The van der Waals surface area contributed by atoms with Gasteiger partial charge in [0.2, 0.25) is 0 Å². The van der Waals surface area contributed by atoms with Crippen molar-refractivity contribution < 1.29 is 4.79 Å². The summed E-state index contributed by atoms with van der Waals surface area (Å²) in [7, 11) is 0. The molecule has 0 fully saturated rings. The highest BCUT2D eigenvalue weighted by atomic mass is 16.1. The van der Waals surface area contributed by atoms with Gasteiger partial charge in [0, 0.05) is 36.9 Å². The summed E-state index contributed by atoms with van der Waals surface area (Å²) in [6.07, 6.45) is 3.78. The van der Waals surface area contributed by atoms with Gasteiger partial charge in [-0.05, 0) is 18.2 Å². The van der Waals surface area contributed by atoms with Crippen molar-refractivity contribution in [2.45, 2.75) is 13.1 Å². The van der Waals surface area contributed by atoms with Gasteiger partial charge in [-0.1, -0.05) is 0 Å². The zero-order chi connectivity index (χ0) is 13.4. The number of carbonyl (C=O) groups is 1. The molecule has 1 aromatic carbocycles. The van der Waals surface area contributed by atoms with Crippen LogP contribution in [0.2, 0.25) is 0 Å². The Morgan fingerprint density at radius 1 is 1.32 bits per heavy atom. The third-order valence-electron chi connectivity index (χ3n) is 3.41. The van der Waals surface area contributed by atoms with E-state index in [1.807, 2.05) is 12.3 Å². The molecule has 1 aromatic heterocycles. The normalized spacial score (nSPS) is 14.2. The van der Waals surface area contributed by atoms with E-state index in [0.717, 1.165) is 31.1 Å². The Bertz CT molecular complexity index is 634. The molecule has 98 valence electrons. The summed E-state index contributed by atoms with van der Waals surface area (Å²) in [6, 6.07) is 5.37. The Hall–Kier alpha value is -2.50. The predicted molar refractivity (Wildman–Crippen MR) is 72.6 cm³/mol. The maximum absolute atomic E-state index is 11.3. The highest BCUT2D eigenvalue weighted by molar-refractivity contribution is 5.99. The average Bonchev–Trinajstić information content (AvgIpc) is 2.86. The molecular formula is C13H15N5O. The quantitative estimate of drug-likeness (QED) is 0.770. The zero-order valence-corrected chi connectivity index (χ0v) is 10.4. The average molecular weight is 257 g/mol. The lowest BCUT2D eigenvalue weighted by atomic mass is 10.1. The van der Waals surface area contributed by atoms with Gasteiger partial charge in [0.05, 0.1) is 12.1 Å². The minimum atomic E-state index is -0.502. The first-order valence-corrected chi connectivity index (χ1v) is 6.09. The first kappa shape index (κ1) is 11.6. The molecule has 2 aromatic rings. The van der Waals surface area contributed by atoms with E-state index in [0.29, 0.717) is 11.3 Å². The molecule has 1 amide bonds. The van der Waals surface area contributed by atoms with Gasteiger partial charge in [0.25, 0.3) is 5.91 Å². The zero-order valence-electron chi connectivity index (χ0n) is 10.4. The summed E-state index contributed by atoms with van der Waals surface area (Å²) in [6.45, 7) is 2.46. The lowest BCUT2D eigenvalue weighted by molar-refractivity contribution is 0.100. The molecule has 3 rings (SSSR count). The number of anilines is 2. The first-order valence-electron chi connectivity index (χ1n) is 6.09. The SMILES string of the molecule is NC(=O)c1cc(N2CCn3ccnc3C2)ccc1N. The largest absolute Gasteiger partial charge is 0.398 e. The molecule has 1 aliphatic rings. The molecule has 0 atom stereocenters. The van der Waals surface area contributed by atoms with Crippen LogP contribution in [0.25, 0.3) is 0 Å². The number of nitrogens with two attached hydrogens (primary N) is 2. The lowest BCUT2D eigenvalue weighted by Gasteiger charge is -2.30. The highest BCUT2D eigenvalue weighted by Crippen LogP contribution is 2.24. The van der Waals surface area contributed by atoms with E-state index >= 15 is 0 Å². The molecule has 2 heterocycles. The van der Waals surface area contributed by atoms with Crippen molar-refractivity contribution in [3.63, 3.8) is 0 Å². The van der Waals surface area contributed by atoms with E-state index in [-0.39, 0.29) is 0 Å². The third-order valence-corrected chi connectivity index (χ3v) is 3.41. The van der Waals surface area contributed by atoms with Gasteiger partial charge >= 0.3 is 0 Å². The van der Waals surface area contributed by atoms with Gasteiger partial charge in [-0.25, -0.2) is 4.98 Å². The minimum absolute atomic E-state index is 0.367. The van der Waals surface area contributed by atoms with Crippen LogP contribution in [-0.4, -0.2) is 22.0 Å². The first-order chi connectivity index (χ1) is 9.15. The molecule has 0 saturated carbocycles. The molecule has 0 saturated heterocycles. The van der Waals surface area contributed by atoms with E-state index in [9.17, 15) is 4.79 Å². The van der Waals surface area contributed by atoms with Crippen molar-refractivity contribution in [2.24, 2.45) is 5.73 Å². The molecule has 4 N–H and O–H groups in total. The summed E-state index contributed by atoms with van der Waals surface area (Å²) in [4.78, 5) is 17.8. The van der Waals surface area contributed by atoms with Crippen LogP contribution in [0, 0.1) is 0 Å². The van der Waals surface area contributed by atoms with Crippen LogP contribution in [0.3, 0.4) is 0 Å². The van der Waals surface area contributed by atoms with Crippen LogP contribution in [0.1, 0.15) is 16.2 Å². The van der Waals surface area contributed by atoms with Crippen molar-refractivity contribution >= 4 is 17.3 Å².